The summed E-state index contributed by atoms with van der Waals surface area (Å²) in [6.07, 6.45) is 0. The van der Waals surface area contributed by atoms with E-state index >= 15 is 0 Å². The fourth-order valence-electron chi connectivity index (χ4n) is 1.98. The minimum atomic E-state index is -0.113. The summed E-state index contributed by atoms with van der Waals surface area (Å²) >= 11 is 0. The smallest absolute Gasteiger partial charge is 0.127 e. The van der Waals surface area contributed by atoms with Gasteiger partial charge in [0, 0.05) is 24.7 Å². The first-order valence-corrected chi connectivity index (χ1v) is 6.57. The Labute approximate surface area is 110 Å². The highest BCUT2D eigenvalue weighted by Crippen LogP contribution is 2.16. The highest BCUT2D eigenvalue weighted by molar-refractivity contribution is 5.25. The monoisotopic (exact) mass is 252 g/mol. The minimum Gasteiger partial charge on any atom is -0.316 e. The first kappa shape index (κ1) is 15.1. The van der Waals surface area contributed by atoms with Crippen molar-refractivity contribution in [3.8, 4) is 0 Å². The van der Waals surface area contributed by atoms with E-state index in [0.29, 0.717) is 18.5 Å². The van der Waals surface area contributed by atoms with Gasteiger partial charge in [-0.15, -0.1) is 0 Å². The molecule has 0 aliphatic rings. The maximum absolute atomic E-state index is 13.8. The zero-order valence-electron chi connectivity index (χ0n) is 12.1. The predicted octanol–water partition coefficient (Wildman–Crippen LogP) is 3.02. The number of hydrogen-bond acceptors (Lipinski definition) is 2. The van der Waals surface area contributed by atoms with Crippen molar-refractivity contribution in [3.63, 3.8) is 0 Å². The molecule has 2 nitrogen and oxygen atoms in total. The van der Waals surface area contributed by atoms with Crippen LogP contribution in [-0.4, -0.2) is 25.0 Å². The molecule has 0 spiro atoms. The Balaban J connectivity index is 2.79. The van der Waals surface area contributed by atoms with E-state index in [0.717, 1.165) is 17.7 Å². The van der Waals surface area contributed by atoms with Crippen LogP contribution in [0.5, 0.6) is 0 Å². The molecule has 1 aromatic rings. The number of rotatable bonds is 6. The molecule has 1 rings (SSSR count). The van der Waals surface area contributed by atoms with E-state index in [2.05, 4.69) is 38.0 Å². The van der Waals surface area contributed by atoms with Gasteiger partial charge in [-0.1, -0.05) is 26.0 Å². The van der Waals surface area contributed by atoms with Crippen LogP contribution in [0.2, 0.25) is 0 Å². The summed E-state index contributed by atoms with van der Waals surface area (Å²) in [5, 5.41) is 3.09. The molecule has 1 unspecified atom stereocenters. The van der Waals surface area contributed by atoms with Crippen LogP contribution in [0.25, 0.3) is 0 Å². The Morgan fingerprint density at radius 1 is 1.28 bits per heavy atom. The lowest BCUT2D eigenvalue weighted by molar-refractivity contribution is 0.198. The van der Waals surface area contributed by atoms with E-state index in [-0.39, 0.29) is 5.82 Å². The molecule has 0 fully saturated rings. The highest BCUT2D eigenvalue weighted by Gasteiger charge is 2.15. The molecule has 0 bridgehead atoms. The van der Waals surface area contributed by atoms with Gasteiger partial charge in [0.2, 0.25) is 0 Å². The standard InChI is InChI=1S/C15H25FN2/c1-11(2)12(3)18(5)10-14-8-13(9-17-4)6-7-15(14)16/h6-8,11-12,17H,9-10H2,1-5H3. The molecular weight excluding hydrogens is 227 g/mol. The van der Waals surface area contributed by atoms with Crippen LogP contribution in [0.1, 0.15) is 31.9 Å². The fourth-order valence-corrected chi connectivity index (χ4v) is 1.98. The molecule has 0 radical (unpaired) electrons. The Bertz CT molecular complexity index is 377. The van der Waals surface area contributed by atoms with Crippen LogP contribution >= 0.6 is 0 Å². The van der Waals surface area contributed by atoms with Gasteiger partial charge >= 0.3 is 0 Å². The summed E-state index contributed by atoms with van der Waals surface area (Å²) in [4.78, 5) is 2.20. The summed E-state index contributed by atoms with van der Waals surface area (Å²) < 4.78 is 13.8. The Hall–Kier alpha value is -0.930. The molecule has 0 amide bonds. The quantitative estimate of drug-likeness (QED) is 0.837. The topological polar surface area (TPSA) is 15.3 Å². The van der Waals surface area contributed by atoms with E-state index in [1.807, 2.05) is 19.2 Å². The maximum atomic E-state index is 13.8. The Morgan fingerprint density at radius 2 is 1.94 bits per heavy atom. The number of benzene rings is 1. The molecule has 3 heteroatoms. The predicted molar refractivity (Wildman–Crippen MR) is 74.9 cm³/mol. The second-order valence-corrected chi connectivity index (χ2v) is 5.36. The zero-order valence-corrected chi connectivity index (χ0v) is 12.1. The van der Waals surface area contributed by atoms with Crippen molar-refractivity contribution in [1.29, 1.82) is 0 Å². The average Bonchev–Trinajstić information content (AvgIpc) is 2.32. The van der Waals surface area contributed by atoms with Gasteiger partial charge in [0.15, 0.2) is 0 Å². The number of halogens is 1. The Kier molecular flexibility index (Phi) is 5.76. The lowest BCUT2D eigenvalue weighted by Gasteiger charge is -2.28. The summed E-state index contributed by atoms with van der Waals surface area (Å²) in [5.74, 6) is 0.455. The summed E-state index contributed by atoms with van der Waals surface area (Å²) in [5.41, 5.74) is 1.90. The highest BCUT2D eigenvalue weighted by atomic mass is 19.1. The van der Waals surface area contributed by atoms with E-state index < -0.39 is 0 Å². The van der Waals surface area contributed by atoms with Gasteiger partial charge in [-0.25, -0.2) is 4.39 Å². The van der Waals surface area contributed by atoms with Gasteiger partial charge in [-0.2, -0.15) is 0 Å². The zero-order chi connectivity index (χ0) is 13.7. The normalized spacial score (nSPS) is 13.3. The van der Waals surface area contributed by atoms with Gasteiger partial charge < -0.3 is 5.32 Å². The molecule has 1 N–H and O–H groups in total. The molecule has 0 heterocycles. The molecule has 0 saturated heterocycles. The van der Waals surface area contributed by atoms with Crippen molar-refractivity contribution in [2.75, 3.05) is 14.1 Å². The molecular formula is C15H25FN2. The van der Waals surface area contributed by atoms with E-state index in [4.69, 9.17) is 0 Å². The molecule has 1 aromatic carbocycles. The van der Waals surface area contributed by atoms with Crippen LogP contribution < -0.4 is 5.32 Å². The van der Waals surface area contributed by atoms with Crippen molar-refractivity contribution in [3.05, 3.63) is 35.1 Å². The third-order valence-electron chi connectivity index (χ3n) is 3.57. The SMILES string of the molecule is CNCc1ccc(F)c(CN(C)C(C)C(C)C)c1. The summed E-state index contributed by atoms with van der Waals surface area (Å²) in [7, 11) is 3.95. The second kappa shape index (κ2) is 6.86. The maximum Gasteiger partial charge on any atom is 0.127 e. The van der Waals surface area contributed by atoms with Crippen molar-refractivity contribution < 1.29 is 4.39 Å². The summed E-state index contributed by atoms with van der Waals surface area (Å²) in [6.45, 7) is 7.99. The van der Waals surface area contributed by atoms with Gasteiger partial charge in [0.05, 0.1) is 0 Å². The number of hydrogen-bond donors (Lipinski definition) is 1. The molecule has 0 aliphatic heterocycles. The van der Waals surface area contributed by atoms with Crippen LogP contribution in [0.3, 0.4) is 0 Å². The third-order valence-corrected chi connectivity index (χ3v) is 3.57. The van der Waals surface area contributed by atoms with Crippen LogP contribution in [-0.2, 0) is 13.1 Å². The van der Waals surface area contributed by atoms with Crippen molar-refractivity contribution in [1.82, 2.24) is 10.2 Å². The first-order chi connectivity index (χ1) is 8.45. The number of nitrogens with one attached hydrogen (secondary N) is 1. The van der Waals surface area contributed by atoms with Crippen molar-refractivity contribution in [2.24, 2.45) is 5.92 Å². The molecule has 1 atom stereocenters. The van der Waals surface area contributed by atoms with Gasteiger partial charge in [0.25, 0.3) is 0 Å². The van der Waals surface area contributed by atoms with Gasteiger partial charge in [-0.3, -0.25) is 4.90 Å². The first-order valence-electron chi connectivity index (χ1n) is 6.57. The van der Waals surface area contributed by atoms with Gasteiger partial charge in [-0.05, 0) is 38.6 Å². The second-order valence-electron chi connectivity index (χ2n) is 5.36. The van der Waals surface area contributed by atoms with E-state index in [1.165, 1.54) is 0 Å². The Morgan fingerprint density at radius 3 is 2.50 bits per heavy atom. The molecule has 0 aliphatic carbocycles. The lowest BCUT2D eigenvalue weighted by Crippen LogP contribution is -2.33. The molecule has 0 saturated carbocycles. The van der Waals surface area contributed by atoms with E-state index in [9.17, 15) is 4.39 Å². The largest absolute Gasteiger partial charge is 0.316 e. The van der Waals surface area contributed by atoms with Crippen molar-refractivity contribution >= 4 is 0 Å². The van der Waals surface area contributed by atoms with Crippen LogP contribution in [0, 0.1) is 11.7 Å². The third kappa shape index (κ3) is 4.07. The minimum absolute atomic E-state index is 0.113. The van der Waals surface area contributed by atoms with Gasteiger partial charge in [0.1, 0.15) is 5.82 Å². The lowest BCUT2D eigenvalue weighted by atomic mass is 10.0. The van der Waals surface area contributed by atoms with E-state index in [1.54, 1.807) is 6.07 Å². The molecule has 18 heavy (non-hydrogen) atoms. The fraction of sp³-hybridized carbons (Fsp3) is 0.600. The number of nitrogens with zero attached hydrogens (tertiary/aromatic N) is 1. The van der Waals surface area contributed by atoms with Crippen LogP contribution in [0.15, 0.2) is 18.2 Å². The van der Waals surface area contributed by atoms with Crippen LogP contribution in [0.4, 0.5) is 4.39 Å². The molecule has 0 aromatic heterocycles. The van der Waals surface area contributed by atoms with Crippen molar-refractivity contribution in [2.45, 2.75) is 39.9 Å². The average molecular weight is 252 g/mol. The summed E-state index contributed by atoms with van der Waals surface area (Å²) in [6, 6.07) is 5.80. The molecule has 102 valence electrons.